The smallest absolute Gasteiger partial charge is 0.212 e. The van der Waals surface area contributed by atoms with E-state index in [4.69, 9.17) is 10.7 Å². The van der Waals surface area contributed by atoms with Crippen molar-refractivity contribution in [2.75, 3.05) is 0 Å². The highest BCUT2D eigenvalue weighted by molar-refractivity contribution is 8.15. The van der Waals surface area contributed by atoms with Crippen LogP contribution in [-0.4, -0.2) is 19.1 Å². The molecular weight excluding hydrogens is 246 g/mol. The summed E-state index contributed by atoms with van der Waals surface area (Å²) in [6.45, 7) is 0. The molecule has 0 aromatic rings. The van der Waals surface area contributed by atoms with E-state index in [9.17, 15) is 17.2 Å². The largest absolute Gasteiger partial charge is 0.251 e. The second kappa shape index (κ2) is 3.29. The first-order valence-corrected chi connectivity index (χ1v) is 7.40. The Hall–Kier alpha value is 0.1000. The van der Waals surface area contributed by atoms with Gasteiger partial charge >= 0.3 is 0 Å². The molecule has 2 saturated carbocycles. The molecule has 6 heteroatoms. The summed E-state index contributed by atoms with van der Waals surface area (Å²) in [6, 6.07) is 0. The number of rotatable bonds is 3. The molecule has 0 amide bonds. The molecule has 2 aliphatic rings. The lowest BCUT2D eigenvalue weighted by atomic mass is 9.97. The highest BCUT2D eigenvalue weighted by Gasteiger charge is 2.58. The van der Waals surface area contributed by atoms with E-state index >= 15 is 0 Å². The Labute approximate surface area is 92.4 Å². The Morgan fingerprint density at radius 1 is 1.27 bits per heavy atom. The van der Waals surface area contributed by atoms with Crippen molar-refractivity contribution >= 4 is 19.7 Å². The van der Waals surface area contributed by atoms with Gasteiger partial charge in [0.1, 0.15) is 0 Å². The molecule has 0 N–H and O–H groups in total. The van der Waals surface area contributed by atoms with Crippen LogP contribution in [0.1, 0.15) is 38.5 Å². The summed E-state index contributed by atoms with van der Waals surface area (Å²) in [7, 11) is 1.60. The average Bonchev–Trinajstić information content (AvgIpc) is 2.75. The number of halogens is 3. The van der Waals surface area contributed by atoms with Crippen LogP contribution in [0, 0.1) is 5.92 Å². The van der Waals surface area contributed by atoms with Crippen molar-refractivity contribution in [3.05, 3.63) is 0 Å². The fourth-order valence-electron chi connectivity index (χ4n) is 2.39. The third-order valence-corrected chi connectivity index (χ3v) is 6.19. The van der Waals surface area contributed by atoms with Crippen LogP contribution < -0.4 is 0 Å². The summed E-state index contributed by atoms with van der Waals surface area (Å²) >= 11 is 0. The molecule has 0 heterocycles. The molecule has 1 unspecified atom stereocenters. The molecule has 0 aromatic heterocycles. The van der Waals surface area contributed by atoms with Crippen molar-refractivity contribution in [2.24, 2.45) is 5.92 Å². The van der Waals surface area contributed by atoms with Crippen molar-refractivity contribution in [3.63, 3.8) is 0 Å². The van der Waals surface area contributed by atoms with Crippen LogP contribution >= 0.6 is 10.7 Å². The van der Waals surface area contributed by atoms with Crippen molar-refractivity contribution in [1.82, 2.24) is 0 Å². The van der Waals surface area contributed by atoms with Gasteiger partial charge in [-0.2, -0.15) is 0 Å². The van der Waals surface area contributed by atoms with Gasteiger partial charge in [0, 0.05) is 23.0 Å². The summed E-state index contributed by atoms with van der Waals surface area (Å²) in [5, 5.41) is 0. The lowest BCUT2D eigenvalue weighted by Gasteiger charge is -2.22. The van der Waals surface area contributed by atoms with E-state index in [0.717, 1.165) is 0 Å². The zero-order valence-electron chi connectivity index (χ0n) is 8.18. The van der Waals surface area contributed by atoms with Crippen LogP contribution in [0.3, 0.4) is 0 Å². The third-order valence-electron chi connectivity index (χ3n) is 3.60. The van der Waals surface area contributed by atoms with Crippen molar-refractivity contribution in [2.45, 2.75) is 49.2 Å². The normalized spacial score (nSPS) is 32.9. The van der Waals surface area contributed by atoms with Crippen LogP contribution in [0.25, 0.3) is 0 Å². The van der Waals surface area contributed by atoms with Crippen molar-refractivity contribution in [3.8, 4) is 0 Å². The van der Waals surface area contributed by atoms with E-state index in [-0.39, 0.29) is 12.8 Å². The molecule has 0 spiro atoms. The maximum Gasteiger partial charge on any atom is 0.251 e. The van der Waals surface area contributed by atoms with Crippen molar-refractivity contribution in [1.29, 1.82) is 0 Å². The zero-order chi connectivity index (χ0) is 11.3. The third kappa shape index (κ3) is 2.00. The Morgan fingerprint density at radius 3 is 2.20 bits per heavy atom. The Kier molecular flexibility index (Phi) is 2.54. The van der Waals surface area contributed by atoms with Gasteiger partial charge in [-0.05, 0) is 32.1 Å². The van der Waals surface area contributed by atoms with Gasteiger partial charge in [-0.25, -0.2) is 17.2 Å². The second-order valence-corrected chi connectivity index (χ2v) is 7.64. The molecule has 0 bridgehead atoms. The second-order valence-electron chi connectivity index (χ2n) is 4.68. The fourth-order valence-corrected chi connectivity index (χ4v) is 4.03. The minimum absolute atomic E-state index is 0.0336. The Bertz CT molecular complexity index is 362. The fraction of sp³-hybridized carbons (Fsp3) is 1.00. The van der Waals surface area contributed by atoms with E-state index in [0.29, 0.717) is 25.7 Å². The molecular formula is C9H13ClF2O2S. The summed E-state index contributed by atoms with van der Waals surface area (Å²) < 4.78 is 48.1. The molecule has 2 rings (SSSR count). The Balaban J connectivity index is 2.10. The average molecular weight is 259 g/mol. The van der Waals surface area contributed by atoms with Gasteiger partial charge < -0.3 is 0 Å². The maximum absolute atomic E-state index is 13.3. The minimum Gasteiger partial charge on any atom is -0.212 e. The topological polar surface area (TPSA) is 34.1 Å². The monoisotopic (exact) mass is 258 g/mol. The minimum atomic E-state index is -3.69. The van der Waals surface area contributed by atoms with E-state index in [1.165, 1.54) is 0 Å². The summed E-state index contributed by atoms with van der Waals surface area (Å²) in [6.07, 6.45) is 1.69. The van der Waals surface area contributed by atoms with E-state index < -0.39 is 25.6 Å². The number of hydrogen-bond acceptors (Lipinski definition) is 2. The van der Waals surface area contributed by atoms with Crippen LogP contribution in [0.4, 0.5) is 8.78 Å². The van der Waals surface area contributed by atoms with Gasteiger partial charge in [-0.3, -0.25) is 0 Å². The van der Waals surface area contributed by atoms with Crippen LogP contribution in [0.15, 0.2) is 0 Å². The molecule has 2 fully saturated rings. The molecule has 0 aromatic carbocycles. The van der Waals surface area contributed by atoms with Crippen LogP contribution in [-0.2, 0) is 9.05 Å². The first-order chi connectivity index (χ1) is 6.77. The molecule has 88 valence electrons. The highest BCUT2D eigenvalue weighted by atomic mass is 35.7. The Morgan fingerprint density at radius 2 is 1.87 bits per heavy atom. The molecule has 0 radical (unpaired) electrons. The van der Waals surface area contributed by atoms with Crippen molar-refractivity contribution < 1.29 is 17.2 Å². The number of alkyl halides is 2. The predicted molar refractivity (Wildman–Crippen MR) is 53.6 cm³/mol. The lowest BCUT2D eigenvalue weighted by molar-refractivity contribution is -0.0402. The molecule has 0 saturated heterocycles. The van der Waals surface area contributed by atoms with E-state index in [2.05, 4.69) is 0 Å². The van der Waals surface area contributed by atoms with E-state index in [1.807, 2.05) is 0 Å². The first kappa shape index (κ1) is 11.6. The quantitative estimate of drug-likeness (QED) is 0.730. The summed E-state index contributed by atoms with van der Waals surface area (Å²) in [5.41, 5.74) is 0. The molecule has 15 heavy (non-hydrogen) atoms. The van der Waals surface area contributed by atoms with Gasteiger partial charge in [-0.15, -0.1) is 0 Å². The van der Waals surface area contributed by atoms with Gasteiger partial charge in [0.25, 0.3) is 5.92 Å². The zero-order valence-corrected chi connectivity index (χ0v) is 9.75. The van der Waals surface area contributed by atoms with Gasteiger partial charge in [0.15, 0.2) is 0 Å². The first-order valence-electron chi connectivity index (χ1n) is 5.09. The maximum atomic E-state index is 13.3. The van der Waals surface area contributed by atoms with Gasteiger partial charge in [0.2, 0.25) is 9.05 Å². The standard InChI is InChI=1S/C9H13ClF2O2S/c10-15(13,14)8(4-5-8)6-7-2-1-3-9(7,11)12/h7H,1-6H2. The van der Waals surface area contributed by atoms with E-state index in [1.54, 1.807) is 0 Å². The van der Waals surface area contributed by atoms with Gasteiger partial charge in [-0.1, -0.05) is 0 Å². The summed E-state index contributed by atoms with van der Waals surface area (Å²) in [4.78, 5) is 0. The summed E-state index contributed by atoms with van der Waals surface area (Å²) in [5.74, 6) is -3.49. The number of hydrogen-bond donors (Lipinski definition) is 0. The van der Waals surface area contributed by atoms with Crippen LogP contribution in [0.2, 0.25) is 0 Å². The molecule has 0 aliphatic heterocycles. The molecule has 1 atom stereocenters. The molecule has 2 nitrogen and oxygen atoms in total. The highest BCUT2D eigenvalue weighted by Crippen LogP contribution is 2.55. The van der Waals surface area contributed by atoms with Gasteiger partial charge in [0.05, 0.1) is 4.75 Å². The SMILES string of the molecule is O=S(=O)(Cl)C1(CC2CCCC2(F)F)CC1. The lowest BCUT2D eigenvalue weighted by Crippen LogP contribution is -2.29. The predicted octanol–water partition coefficient (Wildman–Crippen LogP) is 2.91. The molecule has 2 aliphatic carbocycles. The van der Waals surface area contributed by atoms with Crippen LogP contribution in [0.5, 0.6) is 0 Å².